The van der Waals surface area contributed by atoms with E-state index in [1.54, 1.807) is 0 Å². The summed E-state index contributed by atoms with van der Waals surface area (Å²) in [4.78, 5) is 37.9. The Morgan fingerprint density at radius 1 is 0.275 bits per heavy atom. The first-order valence-corrected chi connectivity index (χ1v) is 30.8. The molecule has 0 spiro atoms. The molecule has 0 rings (SSSR count). The lowest BCUT2D eigenvalue weighted by Gasteiger charge is -2.18. The molecule has 1 atom stereocenters. The Balaban J connectivity index is 4.01. The molecule has 0 aliphatic rings. The molecular weight excluding hydrogens is 853 g/mol. The molecule has 0 aliphatic heterocycles. The summed E-state index contributed by atoms with van der Waals surface area (Å²) in [5.74, 6) is -0.866. The van der Waals surface area contributed by atoms with Crippen LogP contribution < -0.4 is 0 Å². The van der Waals surface area contributed by atoms with Crippen LogP contribution in [-0.2, 0) is 28.6 Å². The molecule has 0 radical (unpaired) electrons. The van der Waals surface area contributed by atoms with E-state index in [4.69, 9.17) is 14.2 Å². The topological polar surface area (TPSA) is 78.9 Å². The van der Waals surface area contributed by atoms with E-state index in [1.165, 1.54) is 238 Å². The second-order valence-electron chi connectivity index (χ2n) is 21.0. The SMILES string of the molecule is CCCCCCCCCC/C=C\CCCCCCCCCCCCCCCC(=O)OCC(COC(=O)CCCCCCC)OC(=O)CCCCCCCCCCC/C=C\CCCCCCCCCC. The van der Waals surface area contributed by atoms with Gasteiger partial charge in [-0.15, -0.1) is 0 Å². The van der Waals surface area contributed by atoms with Gasteiger partial charge in [-0.2, -0.15) is 0 Å². The molecule has 0 aliphatic carbocycles. The van der Waals surface area contributed by atoms with Gasteiger partial charge in [-0.05, 0) is 70.6 Å². The zero-order valence-corrected chi connectivity index (χ0v) is 46.6. The van der Waals surface area contributed by atoms with Crippen LogP contribution in [-0.4, -0.2) is 37.2 Å². The highest BCUT2D eigenvalue weighted by Crippen LogP contribution is 2.17. The molecule has 6 heteroatoms. The number of hydrogen-bond acceptors (Lipinski definition) is 6. The van der Waals surface area contributed by atoms with Gasteiger partial charge in [0, 0.05) is 19.3 Å². The van der Waals surface area contributed by atoms with Crippen molar-refractivity contribution in [2.24, 2.45) is 0 Å². The van der Waals surface area contributed by atoms with E-state index in [-0.39, 0.29) is 31.1 Å². The predicted molar refractivity (Wildman–Crippen MR) is 298 cm³/mol. The molecule has 6 nitrogen and oxygen atoms in total. The molecule has 0 fully saturated rings. The van der Waals surface area contributed by atoms with Crippen molar-refractivity contribution < 1.29 is 28.6 Å². The molecule has 0 saturated carbocycles. The highest BCUT2D eigenvalue weighted by atomic mass is 16.6. The summed E-state index contributed by atoms with van der Waals surface area (Å²) in [6.45, 7) is 6.61. The predicted octanol–water partition coefficient (Wildman–Crippen LogP) is 20.7. The van der Waals surface area contributed by atoms with Crippen molar-refractivity contribution in [3.05, 3.63) is 24.3 Å². The van der Waals surface area contributed by atoms with Crippen molar-refractivity contribution in [1.82, 2.24) is 0 Å². The third kappa shape index (κ3) is 56.7. The minimum Gasteiger partial charge on any atom is -0.462 e. The van der Waals surface area contributed by atoms with Gasteiger partial charge in [-0.3, -0.25) is 14.4 Å². The van der Waals surface area contributed by atoms with Gasteiger partial charge in [0.15, 0.2) is 6.10 Å². The summed E-state index contributed by atoms with van der Waals surface area (Å²) < 4.78 is 16.8. The quantitative estimate of drug-likeness (QED) is 0.0261. The molecule has 406 valence electrons. The lowest BCUT2D eigenvalue weighted by Crippen LogP contribution is -2.30. The van der Waals surface area contributed by atoms with Gasteiger partial charge in [0.05, 0.1) is 0 Å². The minimum absolute atomic E-state index is 0.0687. The number of ether oxygens (including phenoxy) is 3. The number of allylic oxidation sites excluding steroid dienone is 4. The second kappa shape index (κ2) is 58.5. The normalized spacial score (nSPS) is 12.1. The molecule has 0 N–H and O–H groups in total. The van der Waals surface area contributed by atoms with Crippen molar-refractivity contribution in [1.29, 1.82) is 0 Å². The van der Waals surface area contributed by atoms with Crippen LogP contribution in [0.3, 0.4) is 0 Å². The minimum atomic E-state index is -0.766. The Bertz CT molecular complexity index is 1110. The number of hydrogen-bond donors (Lipinski definition) is 0. The lowest BCUT2D eigenvalue weighted by molar-refractivity contribution is -0.167. The average Bonchev–Trinajstić information content (AvgIpc) is 3.35. The molecule has 0 aromatic rings. The van der Waals surface area contributed by atoms with Crippen molar-refractivity contribution in [3.8, 4) is 0 Å². The molecule has 0 aromatic carbocycles. The van der Waals surface area contributed by atoms with Gasteiger partial charge in [-0.1, -0.05) is 276 Å². The fraction of sp³-hybridized carbons (Fsp3) is 0.889. The number of unbranched alkanes of at least 4 members (excludes halogenated alkanes) is 42. The third-order valence-electron chi connectivity index (χ3n) is 13.9. The Hall–Kier alpha value is -2.11. The van der Waals surface area contributed by atoms with Gasteiger partial charge in [0.25, 0.3) is 0 Å². The number of rotatable bonds is 57. The summed E-state index contributed by atoms with van der Waals surface area (Å²) in [5.41, 5.74) is 0. The monoisotopic (exact) mass is 971 g/mol. The zero-order chi connectivity index (χ0) is 50.0. The summed E-state index contributed by atoms with van der Waals surface area (Å²) in [7, 11) is 0. The van der Waals surface area contributed by atoms with Crippen LogP contribution in [0.15, 0.2) is 24.3 Å². The smallest absolute Gasteiger partial charge is 0.306 e. The van der Waals surface area contributed by atoms with Crippen LogP contribution in [0.5, 0.6) is 0 Å². The van der Waals surface area contributed by atoms with Crippen LogP contribution in [0.2, 0.25) is 0 Å². The van der Waals surface area contributed by atoms with E-state index < -0.39 is 6.10 Å². The van der Waals surface area contributed by atoms with Gasteiger partial charge in [0.2, 0.25) is 0 Å². The van der Waals surface area contributed by atoms with E-state index in [9.17, 15) is 14.4 Å². The van der Waals surface area contributed by atoms with Crippen LogP contribution in [0.25, 0.3) is 0 Å². The lowest BCUT2D eigenvalue weighted by atomic mass is 10.0. The largest absolute Gasteiger partial charge is 0.462 e. The van der Waals surface area contributed by atoms with Crippen LogP contribution in [0.4, 0.5) is 0 Å². The standard InChI is InChI=1S/C63H118O6/c1-4-7-10-13-15-17-19-21-23-25-27-29-30-31-32-34-35-37-39-41-43-45-47-50-53-56-62(65)68-59-60(58-67-61(64)55-52-49-12-9-6-3)69-63(66)57-54-51-48-46-44-42-40-38-36-33-28-26-24-22-20-18-16-14-11-8-5-2/h25-28,60H,4-24,29-59H2,1-3H3/b27-25-,28-26-. The Morgan fingerprint density at radius 3 is 0.725 bits per heavy atom. The van der Waals surface area contributed by atoms with Crippen molar-refractivity contribution in [2.45, 2.75) is 348 Å². The van der Waals surface area contributed by atoms with E-state index in [0.29, 0.717) is 19.3 Å². The van der Waals surface area contributed by atoms with Crippen molar-refractivity contribution in [2.75, 3.05) is 13.2 Å². The number of carbonyl (C=O) groups is 3. The maximum absolute atomic E-state index is 12.8. The summed E-state index contributed by atoms with van der Waals surface area (Å²) in [6, 6.07) is 0. The van der Waals surface area contributed by atoms with Crippen molar-refractivity contribution in [3.63, 3.8) is 0 Å². The Labute approximate surface area is 430 Å². The van der Waals surface area contributed by atoms with E-state index in [1.807, 2.05) is 0 Å². The fourth-order valence-electron chi connectivity index (χ4n) is 9.26. The number of carbonyl (C=O) groups excluding carboxylic acids is 3. The first-order chi connectivity index (χ1) is 34.0. The summed E-state index contributed by atoms with van der Waals surface area (Å²) in [6.07, 6.45) is 69.5. The zero-order valence-electron chi connectivity index (χ0n) is 46.6. The molecule has 0 saturated heterocycles. The summed E-state index contributed by atoms with van der Waals surface area (Å²) in [5, 5.41) is 0. The highest BCUT2D eigenvalue weighted by Gasteiger charge is 2.19. The van der Waals surface area contributed by atoms with E-state index in [2.05, 4.69) is 45.1 Å². The first-order valence-electron chi connectivity index (χ1n) is 30.8. The van der Waals surface area contributed by atoms with Gasteiger partial charge < -0.3 is 14.2 Å². The Morgan fingerprint density at radius 2 is 0.478 bits per heavy atom. The van der Waals surface area contributed by atoms with E-state index >= 15 is 0 Å². The van der Waals surface area contributed by atoms with E-state index in [0.717, 1.165) is 64.2 Å². The van der Waals surface area contributed by atoms with Crippen LogP contribution in [0.1, 0.15) is 342 Å². The molecule has 0 aromatic heterocycles. The third-order valence-corrected chi connectivity index (χ3v) is 13.9. The number of esters is 3. The van der Waals surface area contributed by atoms with Crippen LogP contribution >= 0.6 is 0 Å². The maximum Gasteiger partial charge on any atom is 0.306 e. The second-order valence-corrected chi connectivity index (χ2v) is 21.0. The summed E-state index contributed by atoms with van der Waals surface area (Å²) >= 11 is 0. The highest BCUT2D eigenvalue weighted by molar-refractivity contribution is 5.71. The van der Waals surface area contributed by atoms with Crippen LogP contribution in [0, 0.1) is 0 Å². The molecular formula is C63H118O6. The fourth-order valence-corrected chi connectivity index (χ4v) is 9.26. The molecule has 1 unspecified atom stereocenters. The average molecular weight is 972 g/mol. The molecule has 0 amide bonds. The molecule has 69 heavy (non-hydrogen) atoms. The molecule has 0 heterocycles. The van der Waals surface area contributed by atoms with Gasteiger partial charge in [0.1, 0.15) is 13.2 Å². The molecule has 0 bridgehead atoms. The first kappa shape index (κ1) is 66.9. The maximum atomic E-state index is 12.8. The van der Waals surface area contributed by atoms with Crippen molar-refractivity contribution >= 4 is 17.9 Å². The van der Waals surface area contributed by atoms with Gasteiger partial charge in [-0.25, -0.2) is 0 Å². The Kier molecular flexibility index (Phi) is 56.7. The van der Waals surface area contributed by atoms with Gasteiger partial charge >= 0.3 is 17.9 Å².